The Balaban J connectivity index is 1.95. The van der Waals surface area contributed by atoms with Gasteiger partial charge in [0.25, 0.3) is 0 Å². The minimum atomic E-state index is -0.866. The number of rotatable bonds is 7. The summed E-state index contributed by atoms with van der Waals surface area (Å²) < 4.78 is 7.10. The van der Waals surface area contributed by atoms with Gasteiger partial charge in [-0.2, -0.15) is 0 Å². The lowest BCUT2D eigenvalue weighted by atomic mass is 10.1. The maximum atomic E-state index is 12.4. The molecule has 0 aliphatic heterocycles. The second kappa shape index (κ2) is 9.21. The van der Waals surface area contributed by atoms with E-state index in [-0.39, 0.29) is 18.3 Å². The molecule has 0 fully saturated rings. The van der Waals surface area contributed by atoms with Crippen LogP contribution in [0, 0.1) is 19.8 Å². The van der Waals surface area contributed by atoms with Gasteiger partial charge in [0.2, 0.25) is 5.78 Å². The van der Waals surface area contributed by atoms with Gasteiger partial charge < -0.3 is 19.9 Å². The topological polar surface area (TPSA) is 89.4 Å². The third-order valence-electron chi connectivity index (χ3n) is 4.66. The fraction of sp³-hybridized carbons (Fsp3) is 0.381. The van der Waals surface area contributed by atoms with Gasteiger partial charge in [0.05, 0.1) is 0 Å². The highest BCUT2D eigenvalue weighted by molar-refractivity contribution is 5.99. The van der Waals surface area contributed by atoms with Crippen LogP contribution >= 0.6 is 0 Å². The second-order valence-corrected chi connectivity index (χ2v) is 7.06. The first kappa shape index (κ1) is 21.2. The van der Waals surface area contributed by atoms with Crippen LogP contribution in [0.25, 0.3) is 0 Å². The fourth-order valence-electron chi connectivity index (χ4n) is 2.77. The zero-order valence-corrected chi connectivity index (χ0v) is 16.9. The van der Waals surface area contributed by atoms with E-state index in [4.69, 9.17) is 4.74 Å². The van der Waals surface area contributed by atoms with Gasteiger partial charge in [0.15, 0.2) is 6.61 Å². The summed E-state index contributed by atoms with van der Waals surface area (Å²) in [6.45, 7) is 6.96. The molecule has 1 aromatic carbocycles. The van der Waals surface area contributed by atoms with E-state index < -0.39 is 18.0 Å². The fourth-order valence-corrected chi connectivity index (χ4v) is 2.77. The normalized spacial score (nSPS) is 11.8. The number of aromatic nitrogens is 1. The van der Waals surface area contributed by atoms with Crippen LogP contribution in [-0.4, -0.2) is 35.0 Å². The Bertz CT molecular complexity index is 856. The van der Waals surface area contributed by atoms with E-state index >= 15 is 0 Å². The van der Waals surface area contributed by atoms with Crippen molar-refractivity contribution in [2.45, 2.75) is 33.7 Å². The van der Waals surface area contributed by atoms with Crippen LogP contribution in [-0.2, 0) is 16.6 Å². The van der Waals surface area contributed by atoms with Crippen LogP contribution in [0.2, 0.25) is 0 Å². The van der Waals surface area contributed by atoms with Crippen molar-refractivity contribution in [3.63, 3.8) is 0 Å². The molecule has 2 rings (SSSR count). The summed E-state index contributed by atoms with van der Waals surface area (Å²) in [6, 6.07) is 9.31. The van der Waals surface area contributed by atoms with Crippen molar-refractivity contribution < 1.29 is 19.1 Å². The van der Waals surface area contributed by atoms with Crippen LogP contribution in [0.1, 0.15) is 35.6 Å². The van der Waals surface area contributed by atoms with Crippen LogP contribution in [0.5, 0.6) is 0 Å². The van der Waals surface area contributed by atoms with Gasteiger partial charge in [-0.25, -0.2) is 9.59 Å². The molecule has 2 amide bonds. The van der Waals surface area contributed by atoms with Gasteiger partial charge in [-0.15, -0.1) is 0 Å². The number of hydrogen-bond donors (Lipinski definition) is 2. The molecule has 0 unspecified atom stereocenters. The molecule has 2 aromatic rings. The number of anilines is 1. The first-order valence-electron chi connectivity index (χ1n) is 9.16. The molecular formula is C21H27N3O4. The number of benzene rings is 1. The van der Waals surface area contributed by atoms with Crippen molar-refractivity contribution in [2.75, 3.05) is 11.9 Å². The predicted molar refractivity (Wildman–Crippen MR) is 107 cm³/mol. The summed E-state index contributed by atoms with van der Waals surface area (Å²) in [5, 5.41) is 5.27. The monoisotopic (exact) mass is 385 g/mol. The summed E-state index contributed by atoms with van der Waals surface area (Å²) in [7, 11) is 1.87. The lowest BCUT2D eigenvalue weighted by Crippen LogP contribution is -2.47. The zero-order valence-electron chi connectivity index (χ0n) is 16.9. The molecular weight excluding hydrogens is 358 g/mol. The number of ether oxygens (including phenoxy) is 1. The van der Waals surface area contributed by atoms with E-state index in [1.54, 1.807) is 44.2 Å². The molecule has 2 N–H and O–H groups in total. The molecule has 1 aromatic heterocycles. The largest absolute Gasteiger partial charge is 0.456 e. The number of para-hydroxylation sites is 1. The quantitative estimate of drug-likeness (QED) is 0.566. The van der Waals surface area contributed by atoms with Crippen molar-refractivity contribution in [1.29, 1.82) is 0 Å². The Morgan fingerprint density at radius 2 is 1.75 bits per heavy atom. The van der Waals surface area contributed by atoms with Crippen molar-refractivity contribution >= 4 is 23.5 Å². The zero-order chi connectivity index (χ0) is 20.8. The van der Waals surface area contributed by atoms with Gasteiger partial charge >= 0.3 is 12.0 Å². The molecule has 7 nitrogen and oxygen atoms in total. The smallest absolute Gasteiger partial charge is 0.329 e. The number of urea groups is 1. The average Bonchev–Trinajstić information content (AvgIpc) is 2.92. The van der Waals surface area contributed by atoms with Crippen molar-refractivity contribution in [3.05, 3.63) is 53.3 Å². The molecule has 0 bridgehead atoms. The van der Waals surface area contributed by atoms with E-state index in [1.165, 1.54) is 0 Å². The van der Waals surface area contributed by atoms with Gasteiger partial charge in [-0.05, 0) is 38.0 Å². The number of carbonyl (C=O) groups excluding carboxylic acids is 3. The number of carbonyl (C=O) groups is 3. The number of Topliss-reactive ketones (excluding diaryl/α,β-unsaturated/α-hetero) is 1. The molecule has 1 atom stereocenters. The highest BCUT2D eigenvalue weighted by atomic mass is 16.5. The maximum absolute atomic E-state index is 12.4. The van der Waals surface area contributed by atoms with E-state index in [9.17, 15) is 14.4 Å². The predicted octanol–water partition coefficient (Wildman–Crippen LogP) is 3.21. The number of nitrogens with one attached hydrogen (secondary N) is 2. The number of amides is 2. The summed E-state index contributed by atoms with van der Waals surface area (Å²) in [4.78, 5) is 37.0. The number of esters is 1. The van der Waals surface area contributed by atoms with E-state index in [0.29, 0.717) is 11.3 Å². The van der Waals surface area contributed by atoms with Gasteiger partial charge in [0, 0.05) is 29.7 Å². The first-order chi connectivity index (χ1) is 13.2. The highest BCUT2D eigenvalue weighted by Gasteiger charge is 2.27. The molecule has 0 aliphatic carbocycles. The average molecular weight is 385 g/mol. The third kappa shape index (κ3) is 5.22. The van der Waals surface area contributed by atoms with Crippen LogP contribution in [0.3, 0.4) is 0 Å². The molecule has 0 radical (unpaired) electrons. The van der Waals surface area contributed by atoms with Gasteiger partial charge in [-0.1, -0.05) is 32.0 Å². The SMILES string of the molecule is Cc1cc(C(=O)COC(=O)[C@@H](NC(=O)Nc2ccccc2)C(C)C)c(C)n1C. The van der Waals surface area contributed by atoms with E-state index in [0.717, 1.165) is 11.4 Å². The molecule has 0 aliphatic rings. The van der Waals surface area contributed by atoms with Crippen LogP contribution < -0.4 is 10.6 Å². The Labute approximate surface area is 165 Å². The number of nitrogens with zero attached hydrogens (tertiary/aromatic N) is 1. The Kier molecular flexibility index (Phi) is 6.98. The molecule has 150 valence electrons. The van der Waals surface area contributed by atoms with E-state index in [1.807, 2.05) is 31.5 Å². The molecule has 28 heavy (non-hydrogen) atoms. The summed E-state index contributed by atoms with van der Waals surface area (Å²) in [5.74, 6) is -1.12. The number of ketones is 1. The summed E-state index contributed by atoms with van der Waals surface area (Å²) in [6.07, 6.45) is 0. The molecule has 0 saturated carbocycles. The van der Waals surface area contributed by atoms with Crippen LogP contribution in [0.15, 0.2) is 36.4 Å². The Hall–Kier alpha value is -3.09. The maximum Gasteiger partial charge on any atom is 0.329 e. The molecule has 0 saturated heterocycles. The summed E-state index contributed by atoms with van der Waals surface area (Å²) >= 11 is 0. The first-order valence-corrected chi connectivity index (χ1v) is 9.16. The van der Waals surface area contributed by atoms with Gasteiger partial charge in [-0.3, -0.25) is 4.79 Å². The molecule has 0 spiro atoms. The standard InChI is InChI=1S/C21H27N3O4/c1-13(2)19(23-21(27)22-16-9-7-6-8-10-16)20(26)28-12-18(25)17-11-14(3)24(5)15(17)4/h6-11,13,19H,12H2,1-5H3,(H2,22,23,27)/t19-/m0/s1. The lowest BCUT2D eigenvalue weighted by Gasteiger charge is -2.21. The lowest BCUT2D eigenvalue weighted by molar-refractivity contribution is -0.145. The summed E-state index contributed by atoms with van der Waals surface area (Å²) in [5.41, 5.74) is 2.91. The van der Waals surface area contributed by atoms with Crippen molar-refractivity contribution in [2.24, 2.45) is 13.0 Å². The van der Waals surface area contributed by atoms with Crippen molar-refractivity contribution in [1.82, 2.24) is 9.88 Å². The number of aryl methyl sites for hydroxylation is 1. The van der Waals surface area contributed by atoms with E-state index in [2.05, 4.69) is 10.6 Å². The molecule has 1 heterocycles. The Morgan fingerprint density at radius 1 is 1.11 bits per heavy atom. The Morgan fingerprint density at radius 3 is 2.29 bits per heavy atom. The number of hydrogen-bond acceptors (Lipinski definition) is 4. The highest BCUT2D eigenvalue weighted by Crippen LogP contribution is 2.14. The van der Waals surface area contributed by atoms with Gasteiger partial charge in [0.1, 0.15) is 6.04 Å². The minimum Gasteiger partial charge on any atom is -0.456 e. The third-order valence-corrected chi connectivity index (χ3v) is 4.66. The minimum absolute atomic E-state index is 0.204. The van der Waals surface area contributed by atoms with Crippen LogP contribution in [0.4, 0.5) is 10.5 Å². The molecule has 7 heteroatoms. The second-order valence-electron chi connectivity index (χ2n) is 7.06. The van der Waals surface area contributed by atoms with Crippen molar-refractivity contribution in [3.8, 4) is 0 Å².